The van der Waals surface area contributed by atoms with Gasteiger partial charge in [-0.05, 0) is 48.7 Å². The molecule has 4 rings (SSSR count). The molecule has 9 heteroatoms. The molecule has 2 amide bonds. The fraction of sp³-hybridized carbons (Fsp3) is 0.273. The highest BCUT2D eigenvalue weighted by atomic mass is 35.5. The van der Waals surface area contributed by atoms with E-state index in [4.69, 9.17) is 16.9 Å². The number of carboxylic acids is 1. The lowest BCUT2D eigenvalue weighted by Crippen LogP contribution is -2.73. The van der Waals surface area contributed by atoms with Crippen molar-refractivity contribution in [3.8, 4) is 6.07 Å². The van der Waals surface area contributed by atoms with E-state index in [0.717, 1.165) is 16.5 Å². The van der Waals surface area contributed by atoms with Gasteiger partial charge in [0.25, 0.3) is 5.91 Å². The van der Waals surface area contributed by atoms with Crippen LogP contribution < -0.4 is 4.90 Å². The molecule has 2 aliphatic rings. The average Bonchev–Trinajstić information content (AvgIpc) is 2.70. The molecule has 1 spiro atoms. The Morgan fingerprint density at radius 2 is 1.90 bits per heavy atom. The molecule has 1 aliphatic carbocycles. The van der Waals surface area contributed by atoms with Gasteiger partial charge in [0.05, 0.1) is 23.2 Å². The number of halogens is 2. The zero-order valence-electron chi connectivity index (χ0n) is 16.2. The van der Waals surface area contributed by atoms with Crippen LogP contribution in [-0.2, 0) is 20.9 Å². The number of nitriles is 1. The molecule has 2 fully saturated rings. The molecule has 2 aromatic rings. The molecule has 0 unspecified atom stereocenters. The van der Waals surface area contributed by atoms with Crippen molar-refractivity contribution < 1.29 is 23.9 Å². The second kappa shape index (κ2) is 7.67. The zero-order chi connectivity index (χ0) is 22.3. The third-order valence-electron chi connectivity index (χ3n) is 5.89. The van der Waals surface area contributed by atoms with Crippen molar-refractivity contribution in [1.82, 2.24) is 4.90 Å². The van der Waals surface area contributed by atoms with Gasteiger partial charge in [-0.2, -0.15) is 5.26 Å². The van der Waals surface area contributed by atoms with Crippen molar-refractivity contribution >= 4 is 35.1 Å². The van der Waals surface area contributed by atoms with Gasteiger partial charge in [0.2, 0.25) is 5.91 Å². The number of carboxylic acid groups (broad SMARTS) is 1. The minimum Gasteiger partial charge on any atom is -0.481 e. The molecule has 1 heterocycles. The van der Waals surface area contributed by atoms with Crippen LogP contribution in [-0.4, -0.2) is 39.9 Å². The molecular formula is C22H17ClFN3O4. The molecule has 1 saturated heterocycles. The van der Waals surface area contributed by atoms with Crippen LogP contribution in [0.15, 0.2) is 42.5 Å². The van der Waals surface area contributed by atoms with Crippen LogP contribution in [0.25, 0.3) is 0 Å². The number of hydrogen-bond acceptors (Lipinski definition) is 4. The predicted octanol–water partition coefficient (Wildman–Crippen LogP) is 2.96. The van der Waals surface area contributed by atoms with Gasteiger partial charge >= 0.3 is 5.97 Å². The summed E-state index contributed by atoms with van der Waals surface area (Å²) in [5.74, 6) is -3.55. The number of amides is 2. The molecule has 7 nitrogen and oxygen atoms in total. The summed E-state index contributed by atoms with van der Waals surface area (Å²) in [7, 11) is 0. The largest absolute Gasteiger partial charge is 0.481 e. The third kappa shape index (κ3) is 3.51. The summed E-state index contributed by atoms with van der Waals surface area (Å²) in [4.78, 5) is 40.5. The first-order valence-electron chi connectivity index (χ1n) is 9.54. The number of carbonyl (C=O) groups is 3. The summed E-state index contributed by atoms with van der Waals surface area (Å²) in [6, 6.07) is 12.3. The van der Waals surface area contributed by atoms with Crippen LogP contribution in [0.5, 0.6) is 0 Å². The molecule has 2 aromatic carbocycles. The summed E-state index contributed by atoms with van der Waals surface area (Å²) in [5.41, 5.74) is -0.646. The SMILES string of the molecule is N#Cc1ccc(N2CC(=O)N(Cc3ccc(Cl)cc3)C3(CC(C(=O)O)C3)C2=O)c(F)c1. The van der Waals surface area contributed by atoms with E-state index in [-0.39, 0.29) is 37.2 Å². The Labute approximate surface area is 182 Å². The van der Waals surface area contributed by atoms with Crippen LogP contribution in [0.4, 0.5) is 10.1 Å². The number of carbonyl (C=O) groups excluding carboxylic acids is 2. The number of aliphatic carboxylic acids is 1. The average molecular weight is 442 g/mol. The molecule has 0 atom stereocenters. The highest BCUT2D eigenvalue weighted by Crippen LogP contribution is 2.47. The van der Waals surface area contributed by atoms with Gasteiger partial charge in [0, 0.05) is 11.6 Å². The zero-order valence-corrected chi connectivity index (χ0v) is 17.0. The molecule has 0 bridgehead atoms. The summed E-state index contributed by atoms with van der Waals surface area (Å²) in [6.07, 6.45) is -0.0935. The molecular weight excluding hydrogens is 425 g/mol. The van der Waals surface area contributed by atoms with Gasteiger partial charge in [0.15, 0.2) is 0 Å². The maximum atomic E-state index is 14.6. The minimum absolute atomic E-state index is 0.0467. The van der Waals surface area contributed by atoms with Crippen molar-refractivity contribution in [2.24, 2.45) is 5.92 Å². The first-order valence-corrected chi connectivity index (χ1v) is 9.92. The minimum atomic E-state index is -1.36. The smallest absolute Gasteiger partial charge is 0.306 e. The second-order valence-electron chi connectivity index (χ2n) is 7.75. The lowest BCUT2D eigenvalue weighted by Gasteiger charge is -2.56. The van der Waals surface area contributed by atoms with Crippen molar-refractivity contribution in [3.63, 3.8) is 0 Å². The number of nitrogens with zero attached hydrogens (tertiary/aromatic N) is 3. The Morgan fingerprint density at radius 3 is 2.48 bits per heavy atom. The van der Waals surface area contributed by atoms with E-state index in [1.165, 1.54) is 17.0 Å². The molecule has 158 valence electrons. The Bertz CT molecular complexity index is 1120. The first kappa shape index (κ1) is 20.8. The van der Waals surface area contributed by atoms with E-state index in [1.54, 1.807) is 24.3 Å². The number of hydrogen-bond donors (Lipinski definition) is 1. The monoisotopic (exact) mass is 441 g/mol. The van der Waals surface area contributed by atoms with Gasteiger partial charge in [-0.1, -0.05) is 23.7 Å². The van der Waals surface area contributed by atoms with Crippen LogP contribution in [0.1, 0.15) is 24.0 Å². The Morgan fingerprint density at radius 1 is 1.23 bits per heavy atom. The maximum absolute atomic E-state index is 14.6. The highest BCUT2D eigenvalue weighted by Gasteiger charge is 2.61. The van der Waals surface area contributed by atoms with Gasteiger partial charge in [-0.25, -0.2) is 4.39 Å². The quantitative estimate of drug-likeness (QED) is 0.786. The third-order valence-corrected chi connectivity index (χ3v) is 6.15. The van der Waals surface area contributed by atoms with Gasteiger partial charge in [-0.15, -0.1) is 0 Å². The predicted molar refractivity (Wildman–Crippen MR) is 109 cm³/mol. The van der Waals surface area contributed by atoms with Gasteiger partial charge in [0.1, 0.15) is 17.9 Å². The number of piperazine rings is 1. The fourth-order valence-electron chi connectivity index (χ4n) is 4.22. The molecule has 0 radical (unpaired) electrons. The van der Waals surface area contributed by atoms with Crippen molar-refractivity contribution in [1.29, 1.82) is 5.26 Å². The first-order chi connectivity index (χ1) is 14.7. The van der Waals surface area contributed by atoms with Crippen LogP contribution in [0, 0.1) is 23.1 Å². The van der Waals surface area contributed by atoms with E-state index in [0.29, 0.717) is 5.02 Å². The van der Waals surface area contributed by atoms with Gasteiger partial charge in [-0.3, -0.25) is 19.3 Å². The van der Waals surface area contributed by atoms with E-state index >= 15 is 0 Å². The summed E-state index contributed by atoms with van der Waals surface area (Å²) in [5, 5.41) is 18.8. The normalized spacial score (nSPS) is 22.9. The summed E-state index contributed by atoms with van der Waals surface area (Å²) >= 11 is 5.92. The van der Waals surface area contributed by atoms with Crippen LogP contribution in [0.2, 0.25) is 5.02 Å². The standard InChI is InChI=1S/C22H17ClFN3O4/c23-16-4-1-13(2-5-16)11-27-19(28)12-26(18-6-3-14(10-25)7-17(18)24)21(31)22(27)8-15(9-22)20(29)30/h1-7,15H,8-9,11-12H2,(H,29,30). The maximum Gasteiger partial charge on any atom is 0.306 e. The molecule has 0 aromatic heterocycles. The van der Waals surface area contributed by atoms with E-state index in [9.17, 15) is 23.9 Å². The van der Waals surface area contributed by atoms with E-state index < -0.39 is 35.1 Å². The molecule has 1 saturated carbocycles. The van der Waals surface area contributed by atoms with Crippen molar-refractivity contribution in [2.45, 2.75) is 24.9 Å². The van der Waals surface area contributed by atoms with Crippen molar-refractivity contribution in [2.75, 3.05) is 11.4 Å². The Hall–Kier alpha value is -3.44. The lowest BCUT2D eigenvalue weighted by atomic mass is 9.65. The number of benzene rings is 2. The fourth-order valence-corrected chi connectivity index (χ4v) is 4.35. The van der Waals surface area contributed by atoms with Crippen LogP contribution >= 0.6 is 11.6 Å². The lowest BCUT2D eigenvalue weighted by molar-refractivity contribution is -0.169. The highest BCUT2D eigenvalue weighted by molar-refractivity contribution is 6.30. The van der Waals surface area contributed by atoms with Crippen molar-refractivity contribution in [3.05, 3.63) is 64.4 Å². The molecule has 1 aliphatic heterocycles. The summed E-state index contributed by atoms with van der Waals surface area (Å²) < 4.78 is 14.6. The topological polar surface area (TPSA) is 102 Å². The van der Waals surface area contributed by atoms with E-state index in [1.807, 2.05) is 6.07 Å². The van der Waals surface area contributed by atoms with Gasteiger partial charge < -0.3 is 10.0 Å². The Kier molecular flexibility index (Phi) is 5.15. The van der Waals surface area contributed by atoms with E-state index in [2.05, 4.69) is 0 Å². The Balaban J connectivity index is 1.70. The summed E-state index contributed by atoms with van der Waals surface area (Å²) in [6.45, 7) is -0.271. The molecule has 1 N–H and O–H groups in total. The number of anilines is 1. The molecule has 31 heavy (non-hydrogen) atoms. The second-order valence-corrected chi connectivity index (χ2v) is 8.19. The van der Waals surface area contributed by atoms with Crippen LogP contribution in [0.3, 0.4) is 0 Å². The number of rotatable bonds is 4.